The van der Waals surface area contributed by atoms with Crippen molar-refractivity contribution in [2.45, 2.75) is 27.2 Å². The van der Waals surface area contributed by atoms with Crippen molar-refractivity contribution >= 4 is 5.82 Å². The van der Waals surface area contributed by atoms with E-state index >= 15 is 0 Å². The second-order valence-corrected chi connectivity index (χ2v) is 5.10. The average molecular weight is 239 g/mol. The van der Waals surface area contributed by atoms with Crippen LogP contribution in [-0.2, 0) is 0 Å². The smallest absolute Gasteiger partial charge is 0.165 e. The molecule has 0 saturated heterocycles. The molecule has 0 saturated carbocycles. The Balaban J connectivity index is 2.90. The van der Waals surface area contributed by atoms with Gasteiger partial charge < -0.3 is 10.6 Å². The maximum absolute atomic E-state index is 13.7. The summed E-state index contributed by atoms with van der Waals surface area (Å²) < 4.78 is 13.7. The van der Waals surface area contributed by atoms with Gasteiger partial charge in [0.2, 0.25) is 0 Å². The van der Waals surface area contributed by atoms with Crippen molar-refractivity contribution < 1.29 is 4.39 Å². The Morgan fingerprint density at radius 1 is 1.47 bits per heavy atom. The van der Waals surface area contributed by atoms with Gasteiger partial charge in [0.25, 0.3) is 0 Å². The number of pyridine rings is 1. The second-order valence-electron chi connectivity index (χ2n) is 5.10. The number of anilines is 1. The number of nitrogens with zero attached hydrogens (tertiary/aromatic N) is 2. The van der Waals surface area contributed by atoms with Crippen LogP contribution in [0.25, 0.3) is 0 Å². The molecule has 0 aromatic carbocycles. The topological polar surface area (TPSA) is 42.1 Å². The lowest BCUT2D eigenvalue weighted by Crippen LogP contribution is -2.40. The molecule has 0 atom stereocenters. The van der Waals surface area contributed by atoms with Crippen LogP contribution in [0.2, 0.25) is 0 Å². The van der Waals surface area contributed by atoms with Crippen molar-refractivity contribution in [1.29, 1.82) is 0 Å². The molecule has 0 amide bonds. The maximum Gasteiger partial charge on any atom is 0.165 e. The zero-order valence-electron chi connectivity index (χ0n) is 10.9. The number of hydrogen-bond acceptors (Lipinski definition) is 3. The first-order valence-electron chi connectivity index (χ1n) is 6.05. The normalized spacial score (nSPS) is 11.6. The lowest BCUT2D eigenvalue weighted by atomic mass is 9.93. The van der Waals surface area contributed by atoms with Gasteiger partial charge in [-0.1, -0.05) is 20.8 Å². The molecule has 3 nitrogen and oxygen atoms in total. The lowest BCUT2D eigenvalue weighted by molar-refractivity contribution is 0.374. The standard InChI is InChI=1S/C13H22FN3/c1-4-8-17(10-13(2,3)9-15)12-11(14)6-5-7-16-12/h5-7H,4,8-10,15H2,1-3H3. The van der Waals surface area contributed by atoms with Gasteiger partial charge in [-0.3, -0.25) is 0 Å². The fourth-order valence-electron chi connectivity index (χ4n) is 1.72. The number of aromatic nitrogens is 1. The Morgan fingerprint density at radius 2 is 2.18 bits per heavy atom. The van der Waals surface area contributed by atoms with E-state index in [4.69, 9.17) is 5.73 Å². The average Bonchev–Trinajstić information content (AvgIpc) is 2.29. The minimum atomic E-state index is -0.270. The zero-order chi connectivity index (χ0) is 12.9. The van der Waals surface area contributed by atoms with Gasteiger partial charge in [0.05, 0.1) is 0 Å². The summed E-state index contributed by atoms with van der Waals surface area (Å²) in [5, 5.41) is 0. The predicted molar refractivity (Wildman–Crippen MR) is 69.5 cm³/mol. The van der Waals surface area contributed by atoms with Crippen LogP contribution < -0.4 is 10.6 Å². The molecule has 0 fully saturated rings. The van der Waals surface area contributed by atoms with Gasteiger partial charge >= 0.3 is 0 Å². The van der Waals surface area contributed by atoms with Crippen LogP contribution in [0.5, 0.6) is 0 Å². The molecular weight excluding hydrogens is 217 g/mol. The Morgan fingerprint density at radius 3 is 2.71 bits per heavy atom. The van der Waals surface area contributed by atoms with Crippen molar-refractivity contribution in [3.8, 4) is 0 Å². The van der Waals surface area contributed by atoms with Crippen molar-refractivity contribution in [2.75, 3.05) is 24.5 Å². The van der Waals surface area contributed by atoms with Crippen LogP contribution in [0.1, 0.15) is 27.2 Å². The fourth-order valence-corrected chi connectivity index (χ4v) is 1.72. The third-order valence-corrected chi connectivity index (χ3v) is 2.70. The molecule has 1 aromatic rings. The molecule has 0 radical (unpaired) electrons. The molecule has 1 aromatic heterocycles. The van der Waals surface area contributed by atoms with Crippen LogP contribution in [0.15, 0.2) is 18.3 Å². The van der Waals surface area contributed by atoms with Gasteiger partial charge in [0, 0.05) is 19.3 Å². The summed E-state index contributed by atoms with van der Waals surface area (Å²) in [5.74, 6) is 0.157. The summed E-state index contributed by atoms with van der Waals surface area (Å²) in [4.78, 5) is 6.10. The molecule has 17 heavy (non-hydrogen) atoms. The number of nitrogens with two attached hydrogens (primary N) is 1. The molecule has 0 spiro atoms. The van der Waals surface area contributed by atoms with Crippen molar-refractivity contribution in [3.63, 3.8) is 0 Å². The lowest BCUT2D eigenvalue weighted by Gasteiger charge is -2.32. The van der Waals surface area contributed by atoms with E-state index in [2.05, 4.69) is 25.8 Å². The van der Waals surface area contributed by atoms with E-state index in [1.807, 2.05) is 4.90 Å². The van der Waals surface area contributed by atoms with Gasteiger partial charge in [0.15, 0.2) is 11.6 Å². The van der Waals surface area contributed by atoms with Gasteiger partial charge in [-0.05, 0) is 30.5 Å². The quantitative estimate of drug-likeness (QED) is 0.829. The van der Waals surface area contributed by atoms with E-state index in [1.165, 1.54) is 6.07 Å². The molecule has 1 heterocycles. The number of halogens is 1. The molecule has 0 unspecified atom stereocenters. The fraction of sp³-hybridized carbons (Fsp3) is 0.615. The molecule has 2 N–H and O–H groups in total. The summed E-state index contributed by atoms with van der Waals surface area (Å²) in [7, 11) is 0. The van der Waals surface area contributed by atoms with Crippen molar-refractivity contribution in [1.82, 2.24) is 4.98 Å². The Labute approximate surface area is 103 Å². The molecule has 0 aliphatic carbocycles. The van der Waals surface area contributed by atoms with Crippen molar-refractivity contribution in [2.24, 2.45) is 11.1 Å². The molecular formula is C13H22FN3. The molecule has 96 valence electrons. The molecule has 0 bridgehead atoms. The highest BCUT2D eigenvalue weighted by atomic mass is 19.1. The predicted octanol–water partition coefficient (Wildman–Crippen LogP) is 2.42. The van der Waals surface area contributed by atoms with Crippen LogP contribution >= 0.6 is 0 Å². The van der Waals surface area contributed by atoms with E-state index < -0.39 is 0 Å². The first-order valence-corrected chi connectivity index (χ1v) is 6.05. The van der Waals surface area contributed by atoms with Crippen LogP contribution in [-0.4, -0.2) is 24.6 Å². The Bertz CT molecular complexity index is 352. The maximum atomic E-state index is 13.7. The van der Waals surface area contributed by atoms with E-state index in [0.29, 0.717) is 18.9 Å². The van der Waals surface area contributed by atoms with Gasteiger partial charge in [-0.15, -0.1) is 0 Å². The molecule has 0 aliphatic rings. The van der Waals surface area contributed by atoms with E-state index in [9.17, 15) is 4.39 Å². The molecule has 1 rings (SSSR count). The third-order valence-electron chi connectivity index (χ3n) is 2.70. The highest BCUT2D eigenvalue weighted by Gasteiger charge is 2.22. The second kappa shape index (κ2) is 5.96. The van der Waals surface area contributed by atoms with Crippen LogP contribution in [0.4, 0.5) is 10.2 Å². The van der Waals surface area contributed by atoms with Crippen LogP contribution in [0, 0.1) is 11.2 Å². The monoisotopic (exact) mass is 239 g/mol. The summed E-state index contributed by atoms with van der Waals surface area (Å²) in [6.07, 6.45) is 2.58. The van der Waals surface area contributed by atoms with E-state index in [0.717, 1.165) is 13.0 Å². The largest absolute Gasteiger partial charge is 0.354 e. The SMILES string of the molecule is CCCN(CC(C)(C)CN)c1ncccc1F. The summed E-state index contributed by atoms with van der Waals surface area (Å²) >= 11 is 0. The third kappa shape index (κ3) is 3.97. The Kier molecular flexibility index (Phi) is 4.87. The van der Waals surface area contributed by atoms with E-state index in [1.54, 1.807) is 12.3 Å². The zero-order valence-corrected chi connectivity index (χ0v) is 10.9. The minimum absolute atomic E-state index is 0.0425. The van der Waals surface area contributed by atoms with Crippen molar-refractivity contribution in [3.05, 3.63) is 24.1 Å². The number of rotatable bonds is 6. The van der Waals surface area contributed by atoms with E-state index in [-0.39, 0.29) is 11.2 Å². The highest BCUT2D eigenvalue weighted by Crippen LogP contribution is 2.22. The minimum Gasteiger partial charge on any atom is -0.354 e. The first kappa shape index (κ1) is 13.9. The number of hydrogen-bond donors (Lipinski definition) is 1. The summed E-state index contributed by atoms with van der Waals surface area (Å²) in [5.41, 5.74) is 5.68. The van der Waals surface area contributed by atoms with Gasteiger partial charge in [0.1, 0.15) is 0 Å². The highest BCUT2D eigenvalue weighted by molar-refractivity contribution is 5.39. The molecule has 0 aliphatic heterocycles. The first-order chi connectivity index (χ1) is 8.00. The van der Waals surface area contributed by atoms with Gasteiger partial charge in [-0.25, -0.2) is 9.37 Å². The van der Waals surface area contributed by atoms with Crippen LogP contribution in [0.3, 0.4) is 0 Å². The Hall–Kier alpha value is -1.16. The van der Waals surface area contributed by atoms with Gasteiger partial charge in [-0.2, -0.15) is 0 Å². The summed E-state index contributed by atoms with van der Waals surface area (Å²) in [6, 6.07) is 3.05. The molecule has 4 heteroatoms. The summed E-state index contributed by atoms with van der Waals surface area (Å²) in [6.45, 7) is 8.31.